The van der Waals surface area contributed by atoms with Crippen molar-refractivity contribution in [1.82, 2.24) is 24.4 Å². The number of halogens is 2. The second kappa shape index (κ2) is 8.00. The maximum absolute atomic E-state index is 11.0. The van der Waals surface area contributed by atoms with Gasteiger partial charge in [-0.1, -0.05) is 28.4 Å². The molecule has 3 heterocycles. The highest BCUT2D eigenvalue weighted by atomic mass is 35.5. The van der Waals surface area contributed by atoms with Crippen LogP contribution in [0.3, 0.4) is 0 Å². The Morgan fingerprint density at radius 2 is 2.00 bits per heavy atom. The van der Waals surface area contributed by atoms with Crippen molar-refractivity contribution in [2.75, 3.05) is 13.9 Å². The molecule has 0 aliphatic carbocycles. The number of fused-ring (bicyclic) bond motifs is 1. The summed E-state index contributed by atoms with van der Waals surface area (Å²) in [5, 5.41) is 20.2. The van der Waals surface area contributed by atoms with E-state index in [4.69, 9.17) is 32.7 Å². The van der Waals surface area contributed by atoms with Crippen molar-refractivity contribution in [3.05, 3.63) is 70.0 Å². The summed E-state index contributed by atoms with van der Waals surface area (Å²) in [5.41, 5.74) is 2.98. The lowest BCUT2D eigenvalue weighted by molar-refractivity contribution is 0.0512. The fraction of sp³-hybridized carbons (Fsp3) is 0.211. The van der Waals surface area contributed by atoms with E-state index in [9.17, 15) is 5.11 Å². The summed E-state index contributed by atoms with van der Waals surface area (Å²) in [6.45, 7) is 1.90. The molecule has 0 aliphatic rings. The van der Waals surface area contributed by atoms with Crippen molar-refractivity contribution in [2.24, 2.45) is 0 Å². The molecule has 8 nitrogen and oxygen atoms in total. The molecule has 0 saturated carbocycles. The molecule has 4 rings (SSSR count). The molecular weight excluding hydrogens is 417 g/mol. The molecule has 0 bridgehead atoms. The van der Waals surface area contributed by atoms with Crippen LogP contribution < -0.4 is 4.74 Å². The Labute approximate surface area is 176 Å². The molecule has 29 heavy (non-hydrogen) atoms. The van der Waals surface area contributed by atoms with Crippen molar-refractivity contribution >= 4 is 28.7 Å². The van der Waals surface area contributed by atoms with Crippen LogP contribution >= 0.6 is 23.2 Å². The van der Waals surface area contributed by atoms with Crippen molar-refractivity contribution in [3.8, 4) is 11.4 Å². The third kappa shape index (κ3) is 3.56. The molecule has 1 aromatic carbocycles. The van der Waals surface area contributed by atoms with Crippen molar-refractivity contribution in [2.45, 2.75) is 13.0 Å². The lowest BCUT2D eigenvalue weighted by Gasteiger charge is -2.14. The van der Waals surface area contributed by atoms with Crippen molar-refractivity contribution < 1.29 is 14.6 Å². The molecule has 3 aromatic heterocycles. The smallest absolute Gasteiger partial charge is 0.188 e. The molecule has 0 unspecified atom stereocenters. The van der Waals surface area contributed by atoms with Crippen molar-refractivity contribution in [3.63, 3.8) is 0 Å². The van der Waals surface area contributed by atoms with E-state index < -0.39 is 6.10 Å². The van der Waals surface area contributed by atoms with Crippen LogP contribution in [-0.2, 0) is 4.74 Å². The molecule has 0 spiro atoms. The Hall–Kier alpha value is -2.65. The van der Waals surface area contributed by atoms with Gasteiger partial charge in [-0.05, 0) is 37.3 Å². The number of rotatable bonds is 6. The summed E-state index contributed by atoms with van der Waals surface area (Å²) >= 11 is 12.6. The number of benzene rings is 1. The number of aliphatic hydroxyl groups excluding tert-OH is 1. The second-order valence-corrected chi connectivity index (χ2v) is 7.11. The molecule has 10 heteroatoms. The van der Waals surface area contributed by atoms with Crippen molar-refractivity contribution in [1.29, 1.82) is 0 Å². The zero-order valence-corrected chi connectivity index (χ0v) is 17.1. The number of aliphatic hydroxyl groups is 1. The lowest BCUT2D eigenvalue weighted by atomic mass is 10.1. The minimum absolute atomic E-state index is 0.0956. The topological polar surface area (TPSA) is 86.7 Å². The number of hydrogen-bond donors (Lipinski definition) is 1. The molecule has 1 N–H and O–H groups in total. The first-order valence-electron chi connectivity index (χ1n) is 8.63. The van der Waals surface area contributed by atoms with E-state index >= 15 is 0 Å². The number of aromatic nitrogens is 5. The Balaban J connectivity index is 1.71. The van der Waals surface area contributed by atoms with Crippen LogP contribution in [0.25, 0.3) is 11.2 Å². The van der Waals surface area contributed by atoms with Crippen LogP contribution in [-0.4, -0.2) is 43.4 Å². The summed E-state index contributed by atoms with van der Waals surface area (Å²) in [7, 11) is 1.53. The third-order valence-corrected chi connectivity index (χ3v) is 5.13. The maximum Gasteiger partial charge on any atom is 0.188 e. The van der Waals surface area contributed by atoms with Crippen LogP contribution in [0.15, 0.2) is 42.9 Å². The number of imidazole rings is 1. The fourth-order valence-corrected chi connectivity index (χ4v) is 3.57. The van der Waals surface area contributed by atoms with Crippen LogP contribution in [0.1, 0.15) is 23.2 Å². The van der Waals surface area contributed by atoms with E-state index in [1.165, 1.54) is 7.11 Å². The summed E-state index contributed by atoms with van der Waals surface area (Å²) in [5.74, 6) is 0.494. The van der Waals surface area contributed by atoms with E-state index in [-0.39, 0.29) is 6.79 Å². The highest BCUT2D eigenvalue weighted by molar-refractivity contribution is 6.32. The SMILES string of the molecule is COCOc1ccc(-n2nnc([C@H](O)c3c(Cl)ccc4cncn34)c2C)cc1Cl. The van der Waals surface area contributed by atoms with Gasteiger partial charge >= 0.3 is 0 Å². The minimum atomic E-state index is -1.09. The first-order chi connectivity index (χ1) is 14.0. The number of methoxy groups -OCH3 is 1. The molecule has 0 saturated heterocycles. The normalized spacial score (nSPS) is 12.4. The Morgan fingerprint density at radius 3 is 2.76 bits per heavy atom. The third-order valence-electron chi connectivity index (χ3n) is 4.51. The summed E-state index contributed by atoms with van der Waals surface area (Å²) < 4.78 is 13.6. The van der Waals surface area contributed by atoms with Crippen LogP contribution in [0.2, 0.25) is 10.0 Å². The molecular formula is C19H17Cl2N5O3. The van der Waals surface area contributed by atoms with Gasteiger partial charge in [0.15, 0.2) is 6.79 Å². The molecule has 0 radical (unpaired) electrons. The average Bonchev–Trinajstić information content (AvgIpc) is 3.33. The molecule has 1 atom stereocenters. The van der Waals surface area contributed by atoms with Gasteiger partial charge in [-0.2, -0.15) is 0 Å². The van der Waals surface area contributed by atoms with Gasteiger partial charge in [0, 0.05) is 7.11 Å². The summed E-state index contributed by atoms with van der Waals surface area (Å²) in [6, 6.07) is 8.75. The maximum atomic E-state index is 11.0. The first-order valence-corrected chi connectivity index (χ1v) is 9.39. The number of hydrogen-bond acceptors (Lipinski definition) is 6. The van der Waals surface area contributed by atoms with E-state index in [1.807, 2.05) is 13.0 Å². The van der Waals surface area contributed by atoms with E-state index in [1.54, 1.807) is 45.9 Å². The molecule has 0 amide bonds. The second-order valence-electron chi connectivity index (χ2n) is 6.30. The molecule has 0 aliphatic heterocycles. The molecule has 4 aromatic rings. The van der Waals surface area contributed by atoms with E-state index in [2.05, 4.69) is 15.3 Å². The van der Waals surface area contributed by atoms with Gasteiger partial charge in [-0.15, -0.1) is 5.10 Å². The molecule has 0 fully saturated rings. The Morgan fingerprint density at radius 1 is 1.17 bits per heavy atom. The zero-order valence-electron chi connectivity index (χ0n) is 15.6. The Kier molecular flexibility index (Phi) is 5.42. The van der Waals surface area contributed by atoms with Crippen LogP contribution in [0.5, 0.6) is 5.75 Å². The predicted octanol–water partition coefficient (Wildman–Crippen LogP) is 3.59. The van der Waals surface area contributed by atoms with Gasteiger partial charge in [-0.3, -0.25) is 4.40 Å². The monoisotopic (exact) mass is 433 g/mol. The lowest BCUT2D eigenvalue weighted by Crippen LogP contribution is -2.09. The van der Waals surface area contributed by atoms with Gasteiger partial charge in [0.25, 0.3) is 0 Å². The van der Waals surface area contributed by atoms with E-state index in [0.29, 0.717) is 38.6 Å². The fourth-order valence-electron chi connectivity index (χ4n) is 3.08. The van der Waals surface area contributed by atoms with Crippen LogP contribution in [0.4, 0.5) is 0 Å². The van der Waals surface area contributed by atoms with Gasteiger partial charge in [0.05, 0.1) is 45.2 Å². The van der Waals surface area contributed by atoms with Gasteiger partial charge < -0.3 is 14.6 Å². The number of ether oxygens (including phenoxy) is 2. The predicted molar refractivity (Wildman–Crippen MR) is 108 cm³/mol. The summed E-state index contributed by atoms with van der Waals surface area (Å²) in [4.78, 5) is 4.11. The first kappa shape index (κ1) is 19.7. The number of pyridine rings is 1. The minimum Gasteiger partial charge on any atom is -0.466 e. The highest BCUT2D eigenvalue weighted by Gasteiger charge is 2.24. The average molecular weight is 434 g/mol. The van der Waals surface area contributed by atoms with Crippen LogP contribution in [0, 0.1) is 6.92 Å². The highest BCUT2D eigenvalue weighted by Crippen LogP contribution is 2.32. The van der Waals surface area contributed by atoms with Gasteiger partial charge in [-0.25, -0.2) is 9.67 Å². The largest absolute Gasteiger partial charge is 0.466 e. The van der Waals surface area contributed by atoms with E-state index in [0.717, 1.165) is 5.52 Å². The quantitative estimate of drug-likeness (QED) is 0.467. The molecule has 150 valence electrons. The zero-order chi connectivity index (χ0) is 20.5. The summed E-state index contributed by atoms with van der Waals surface area (Å²) in [6.07, 6.45) is 2.19. The number of nitrogens with zero attached hydrogens (tertiary/aromatic N) is 5. The van der Waals surface area contributed by atoms with Gasteiger partial charge in [0.1, 0.15) is 17.5 Å². The van der Waals surface area contributed by atoms with Gasteiger partial charge in [0.2, 0.25) is 0 Å². The standard InChI is InChI=1S/C19H17Cl2N5O3/c1-11-17(19(27)18-14(20)5-3-13-8-22-9-25(13)18)23-24-26(11)12-4-6-16(15(21)7-12)29-10-28-2/h3-9,19,27H,10H2,1-2H3/t19-/m0/s1. The Bertz CT molecular complexity index is 1170.